The maximum Gasteiger partial charge on any atom is 0.375 e. The van der Waals surface area contributed by atoms with Gasteiger partial charge in [0.05, 0.1) is 19.3 Å². The van der Waals surface area contributed by atoms with Crippen molar-refractivity contribution in [2.45, 2.75) is 25.9 Å². The summed E-state index contributed by atoms with van der Waals surface area (Å²) < 4.78 is 29.9. The molecule has 0 unspecified atom stereocenters. The van der Waals surface area contributed by atoms with Gasteiger partial charge in [-0.3, -0.25) is 0 Å². The molecule has 0 fully saturated rings. The van der Waals surface area contributed by atoms with E-state index >= 15 is 0 Å². The summed E-state index contributed by atoms with van der Waals surface area (Å²) in [5, 5.41) is 10.4. The molecule has 0 saturated heterocycles. The van der Waals surface area contributed by atoms with Gasteiger partial charge in [0.25, 0.3) is 0 Å². The van der Waals surface area contributed by atoms with E-state index in [-0.39, 0.29) is 19.3 Å². The van der Waals surface area contributed by atoms with Crippen molar-refractivity contribution in [1.82, 2.24) is 5.32 Å². The molecule has 0 aromatic carbocycles. The minimum atomic E-state index is -3.71. The third-order valence-corrected chi connectivity index (χ3v) is 1.39. The van der Waals surface area contributed by atoms with Gasteiger partial charge >= 0.3 is 11.9 Å². The summed E-state index contributed by atoms with van der Waals surface area (Å²) in [5.41, 5.74) is 0. The second kappa shape index (κ2) is 5.87. The number of carboxylic acid groups (broad SMARTS) is 1. The highest BCUT2D eigenvalue weighted by Crippen LogP contribution is 2.11. The van der Waals surface area contributed by atoms with Crippen molar-refractivity contribution in [3.63, 3.8) is 0 Å². The molecule has 84 valence electrons. The number of alkyl halides is 2. The van der Waals surface area contributed by atoms with Crippen LogP contribution in [-0.4, -0.2) is 42.8 Å². The fraction of sp³-hybridized carbons (Fsp3) is 0.875. The first-order chi connectivity index (χ1) is 6.36. The van der Waals surface area contributed by atoms with Crippen LogP contribution in [0.15, 0.2) is 0 Å². The lowest BCUT2D eigenvalue weighted by molar-refractivity contribution is -0.164. The second-order valence-electron chi connectivity index (χ2n) is 3.11. The minimum absolute atomic E-state index is 0.0387. The van der Waals surface area contributed by atoms with E-state index in [1.165, 1.54) is 0 Å². The zero-order valence-corrected chi connectivity index (χ0v) is 8.22. The summed E-state index contributed by atoms with van der Waals surface area (Å²) >= 11 is 0. The SMILES string of the molecule is CC(C)OCCNCC(F)(F)C(=O)O. The van der Waals surface area contributed by atoms with Gasteiger partial charge in [-0.1, -0.05) is 0 Å². The Kier molecular flexibility index (Phi) is 5.56. The molecule has 0 bridgehead atoms. The van der Waals surface area contributed by atoms with Gasteiger partial charge in [0, 0.05) is 6.54 Å². The molecule has 0 spiro atoms. The molecule has 0 heterocycles. The van der Waals surface area contributed by atoms with E-state index in [0.717, 1.165) is 0 Å². The minimum Gasteiger partial charge on any atom is -0.477 e. The molecule has 0 aliphatic rings. The van der Waals surface area contributed by atoms with E-state index in [0.29, 0.717) is 0 Å². The van der Waals surface area contributed by atoms with Crippen molar-refractivity contribution >= 4 is 5.97 Å². The Labute approximate surface area is 81.2 Å². The summed E-state index contributed by atoms with van der Waals surface area (Å²) in [5.74, 6) is -5.83. The molecule has 4 nitrogen and oxygen atoms in total. The van der Waals surface area contributed by atoms with Crippen molar-refractivity contribution in [1.29, 1.82) is 0 Å². The number of ether oxygens (including phenoxy) is 1. The van der Waals surface area contributed by atoms with E-state index in [9.17, 15) is 13.6 Å². The van der Waals surface area contributed by atoms with E-state index in [1.54, 1.807) is 0 Å². The first-order valence-corrected chi connectivity index (χ1v) is 4.30. The number of hydrogen-bond acceptors (Lipinski definition) is 3. The summed E-state index contributed by atoms with van der Waals surface area (Å²) in [6.45, 7) is 3.27. The zero-order valence-electron chi connectivity index (χ0n) is 8.22. The van der Waals surface area contributed by atoms with Gasteiger partial charge in [0.1, 0.15) is 0 Å². The predicted molar refractivity (Wildman–Crippen MR) is 46.5 cm³/mol. The number of aliphatic carboxylic acids is 1. The van der Waals surface area contributed by atoms with Crippen LogP contribution in [0.1, 0.15) is 13.8 Å². The molecule has 0 amide bonds. The number of halogens is 2. The third-order valence-electron chi connectivity index (χ3n) is 1.39. The summed E-state index contributed by atoms with van der Waals surface area (Å²) in [6, 6.07) is 0. The predicted octanol–water partition coefficient (Wildman–Crippen LogP) is 0.721. The highest BCUT2D eigenvalue weighted by molar-refractivity contribution is 5.75. The van der Waals surface area contributed by atoms with E-state index in [1.807, 2.05) is 13.8 Å². The average Bonchev–Trinajstić information content (AvgIpc) is 2.02. The van der Waals surface area contributed by atoms with Gasteiger partial charge < -0.3 is 15.2 Å². The molecule has 0 aliphatic carbocycles. The van der Waals surface area contributed by atoms with Crippen molar-refractivity contribution in [2.75, 3.05) is 19.7 Å². The molecular weight excluding hydrogens is 196 g/mol. The quantitative estimate of drug-likeness (QED) is 0.609. The number of carboxylic acids is 1. The van der Waals surface area contributed by atoms with Crippen LogP contribution in [0.2, 0.25) is 0 Å². The Bertz CT molecular complexity index is 185. The summed E-state index contributed by atoms with van der Waals surface area (Å²) in [6.07, 6.45) is 0.0387. The van der Waals surface area contributed by atoms with Gasteiger partial charge in [-0.2, -0.15) is 8.78 Å². The highest BCUT2D eigenvalue weighted by Gasteiger charge is 2.37. The van der Waals surface area contributed by atoms with Gasteiger partial charge in [0.15, 0.2) is 0 Å². The lowest BCUT2D eigenvalue weighted by Crippen LogP contribution is -2.40. The van der Waals surface area contributed by atoms with Gasteiger partial charge in [0.2, 0.25) is 0 Å². The number of rotatable bonds is 7. The van der Waals surface area contributed by atoms with Crippen LogP contribution >= 0.6 is 0 Å². The lowest BCUT2D eigenvalue weighted by atomic mass is 10.3. The Balaban J connectivity index is 3.49. The van der Waals surface area contributed by atoms with Gasteiger partial charge in [-0.25, -0.2) is 4.79 Å². The van der Waals surface area contributed by atoms with Gasteiger partial charge in [-0.05, 0) is 13.8 Å². The maximum atomic E-state index is 12.4. The fourth-order valence-corrected chi connectivity index (χ4v) is 0.688. The third kappa shape index (κ3) is 5.82. The summed E-state index contributed by atoms with van der Waals surface area (Å²) in [4.78, 5) is 9.97. The summed E-state index contributed by atoms with van der Waals surface area (Å²) in [7, 11) is 0. The highest BCUT2D eigenvalue weighted by atomic mass is 19.3. The van der Waals surface area contributed by atoms with Crippen LogP contribution in [0.3, 0.4) is 0 Å². The molecule has 2 N–H and O–H groups in total. The maximum absolute atomic E-state index is 12.4. The number of nitrogens with one attached hydrogen (secondary N) is 1. The van der Waals surface area contributed by atoms with Crippen molar-refractivity contribution in [3.05, 3.63) is 0 Å². The molecular formula is C8H15F2NO3. The molecule has 6 heteroatoms. The first-order valence-electron chi connectivity index (χ1n) is 4.30. The van der Waals surface area contributed by atoms with Crippen LogP contribution in [0.4, 0.5) is 8.78 Å². The Morgan fingerprint density at radius 1 is 1.57 bits per heavy atom. The monoisotopic (exact) mass is 211 g/mol. The fourth-order valence-electron chi connectivity index (χ4n) is 0.688. The normalized spacial score (nSPS) is 12.1. The molecule has 0 aliphatic heterocycles. The van der Waals surface area contributed by atoms with Crippen LogP contribution in [0.25, 0.3) is 0 Å². The number of hydrogen-bond donors (Lipinski definition) is 2. The zero-order chi connectivity index (χ0) is 11.2. The van der Waals surface area contributed by atoms with Crippen LogP contribution in [-0.2, 0) is 9.53 Å². The Morgan fingerprint density at radius 2 is 2.14 bits per heavy atom. The van der Waals surface area contributed by atoms with E-state index in [2.05, 4.69) is 5.32 Å². The van der Waals surface area contributed by atoms with Crippen LogP contribution in [0, 0.1) is 0 Å². The van der Waals surface area contributed by atoms with Crippen LogP contribution in [0.5, 0.6) is 0 Å². The van der Waals surface area contributed by atoms with Crippen LogP contribution < -0.4 is 5.32 Å². The molecule has 0 radical (unpaired) electrons. The van der Waals surface area contributed by atoms with Gasteiger partial charge in [-0.15, -0.1) is 0 Å². The molecule has 14 heavy (non-hydrogen) atoms. The smallest absolute Gasteiger partial charge is 0.375 e. The molecule has 0 saturated carbocycles. The molecule has 0 aromatic rings. The molecule has 0 aromatic heterocycles. The second-order valence-corrected chi connectivity index (χ2v) is 3.11. The molecule has 0 rings (SSSR count). The Morgan fingerprint density at radius 3 is 2.57 bits per heavy atom. The van der Waals surface area contributed by atoms with Crippen molar-refractivity contribution in [3.8, 4) is 0 Å². The van der Waals surface area contributed by atoms with Crippen molar-refractivity contribution < 1.29 is 23.4 Å². The number of carbonyl (C=O) groups is 1. The topological polar surface area (TPSA) is 58.6 Å². The van der Waals surface area contributed by atoms with Crippen molar-refractivity contribution in [2.24, 2.45) is 0 Å². The van der Waals surface area contributed by atoms with E-state index < -0.39 is 18.4 Å². The van der Waals surface area contributed by atoms with E-state index in [4.69, 9.17) is 9.84 Å². The standard InChI is InChI=1S/C8H15F2NO3/c1-6(2)14-4-3-11-5-8(9,10)7(12)13/h6,11H,3-5H2,1-2H3,(H,12,13). The first kappa shape index (κ1) is 13.2. The Hall–Kier alpha value is -0.750. The largest absolute Gasteiger partial charge is 0.477 e. The lowest BCUT2D eigenvalue weighted by Gasteiger charge is -2.12. The average molecular weight is 211 g/mol. The molecule has 0 atom stereocenters.